The van der Waals surface area contributed by atoms with Gasteiger partial charge in [0, 0.05) is 25.4 Å². The van der Waals surface area contributed by atoms with Crippen molar-refractivity contribution in [3.63, 3.8) is 0 Å². The van der Waals surface area contributed by atoms with E-state index in [-0.39, 0.29) is 38.5 Å². The van der Waals surface area contributed by atoms with Gasteiger partial charge >= 0.3 is 18.2 Å². The van der Waals surface area contributed by atoms with Gasteiger partial charge < -0.3 is 30.5 Å². The van der Waals surface area contributed by atoms with Crippen LogP contribution < -0.4 is 16.0 Å². The van der Waals surface area contributed by atoms with E-state index in [2.05, 4.69) is 20.7 Å². The second-order valence-corrected chi connectivity index (χ2v) is 7.66. The number of benzene rings is 2. The summed E-state index contributed by atoms with van der Waals surface area (Å²) in [6, 6.07) is 14.7. The molecule has 180 valence electrons. The third-order valence-electron chi connectivity index (χ3n) is 5.48. The molecule has 3 rings (SSSR count). The number of nitrogens with one attached hydrogen (secondary N) is 3. The molecule has 1 aliphatic carbocycles. The van der Waals surface area contributed by atoms with Crippen molar-refractivity contribution in [1.82, 2.24) is 16.0 Å². The Labute approximate surface area is 196 Å². The number of fused-ring (bicyclic) bond motifs is 3. The van der Waals surface area contributed by atoms with Gasteiger partial charge in [-0.2, -0.15) is 0 Å². The van der Waals surface area contributed by atoms with Crippen LogP contribution in [0.15, 0.2) is 48.5 Å². The number of carboxylic acid groups (broad SMARTS) is 1. The lowest BCUT2D eigenvalue weighted by Gasteiger charge is -2.19. The Hall–Kier alpha value is -4.08. The molecule has 1 atom stereocenters. The monoisotopic (exact) mass is 469 g/mol. The van der Waals surface area contributed by atoms with Crippen LogP contribution in [0, 0.1) is 0 Å². The molecule has 0 heterocycles. The van der Waals surface area contributed by atoms with Gasteiger partial charge in [-0.3, -0.25) is 9.59 Å². The molecule has 3 amide bonds. The number of ether oxygens (including phenoxy) is 2. The van der Waals surface area contributed by atoms with Crippen molar-refractivity contribution in [1.29, 1.82) is 0 Å². The quantitative estimate of drug-likeness (QED) is 0.391. The smallest absolute Gasteiger partial charge is 0.407 e. The maximum atomic E-state index is 12.5. The Balaban J connectivity index is 1.58. The molecule has 0 radical (unpaired) electrons. The Kier molecular flexibility index (Phi) is 8.44. The highest BCUT2D eigenvalue weighted by molar-refractivity contribution is 5.86. The maximum absolute atomic E-state index is 12.5. The molecule has 4 N–H and O–H groups in total. The Bertz CT molecular complexity index is 1010. The first-order valence-electron chi connectivity index (χ1n) is 10.8. The fourth-order valence-corrected chi connectivity index (χ4v) is 3.86. The van der Waals surface area contributed by atoms with Crippen molar-refractivity contribution in [2.45, 2.75) is 24.8 Å². The largest absolute Gasteiger partial charge is 0.481 e. The van der Waals surface area contributed by atoms with Crippen molar-refractivity contribution < 1.29 is 33.8 Å². The average Bonchev–Trinajstić information content (AvgIpc) is 3.16. The third-order valence-corrected chi connectivity index (χ3v) is 5.48. The number of hydrogen-bond acceptors (Lipinski definition) is 6. The van der Waals surface area contributed by atoms with Crippen molar-refractivity contribution >= 4 is 24.1 Å². The van der Waals surface area contributed by atoms with E-state index in [0.717, 1.165) is 22.3 Å². The molecule has 0 fully saturated rings. The number of alkyl carbamates (subject to hydrolysis) is 2. The van der Waals surface area contributed by atoms with Crippen LogP contribution in [0.5, 0.6) is 0 Å². The first-order chi connectivity index (χ1) is 16.4. The highest BCUT2D eigenvalue weighted by atomic mass is 16.5. The molecule has 0 spiro atoms. The fourth-order valence-electron chi connectivity index (χ4n) is 3.86. The van der Waals surface area contributed by atoms with Gasteiger partial charge in [-0.05, 0) is 28.7 Å². The predicted molar refractivity (Wildman–Crippen MR) is 122 cm³/mol. The number of aliphatic carboxylic acids is 1. The SMILES string of the molecule is COC(=O)NCCNC(=O)C(CCC(=O)O)NC(=O)OCC1c2ccccc2-c2ccccc21. The van der Waals surface area contributed by atoms with Gasteiger partial charge in [0.1, 0.15) is 12.6 Å². The summed E-state index contributed by atoms with van der Waals surface area (Å²) in [5, 5.41) is 16.4. The molecule has 10 heteroatoms. The van der Waals surface area contributed by atoms with Crippen LogP contribution in [0.3, 0.4) is 0 Å². The number of hydrogen-bond donors (Lipinski definition) is 4. The highest BCUT2D eigenvalue weighted by Crippen LogP contribution is 2.44. The Morgan fingerprint density at radius 3 is 2.09 bits per heavy atom. The molecule has 1 unspecified atom stereocenters. The van der Waals surface area contributed by atoms with Gasteiger partial charge in [0.15, 0.2) is 0 Å². The average molecular weight is 469 g/mol. The number of amides is 3. The van der Waals surface area contributed by atoms with Crippen LogP contribution in [0.4, 0.5) is 9.59 Å². The molecular weight excluding hydrogens is 442 g/mol. The molecule has 0 aromatic heterocycles. The van der Waals surface area contributed by atoms with E-state index < -0.39 is 30.1 Å². The van der Waals surface area contributed by atoms with E-state index in [1.807, 2.05) is 48.5 Å². The standard InChI is InChI=1S/C24H27N3O7/c1-33-23(31)26-13-12-25-22(30)20(10-11-21(28)29)27-24(32)34-14-19-17-8-4-2-6-15(17)16-7-3-5-9-18(16)19/h2-9,19-20H,10-14H2,1H3,(H,25,30)(H,26,31)(H,27,32)(H,28,29). The summed E-state index contributed by atoms with van der Waals surface area (Å²) in [7, 11) is 1.22. The minimum Gasteiger partial charge on any atom is -0.481 e. The molecule has 34 heavy (non-hydrogen) atoms. The molecule has 0 bridgehead atoms. The van der Waals surface area contributed by atoms with Crippen molar-refractivity contribution in [2.24, 2.45) is 0 Å². The lowest BCUT2D eigenvalue weighted by Crippen LogP contribution is -2.48. The molecule has 1 aliphatic rings. The van der Waals surface area contributed by atoms with Gasteiger partial charge in [0.2, 0.25) is 5.91 Å². The zero-order valence-corrected chi connectivity index (χ0v) is 18.7. The topological polar surface area (TPSA) is 143 Å². The Morgan fingerprint density at radius 2 is 1.50 bits per heavy atom. The summed E-state index contributed by atoms with van der Waals surface area (Å²) in [5.41, 5.74) is 4.28. The third kappa shape index (κ3) is 6.25. The zero-order chi connectivity index (χ0) is 24.5. The predicted octanol–water partition coefficient (Wildman–Crippen LogP) is 2.23. The van der Waals surface area contributed by atoms with E-state index in [1.165, 1.54) is 7.11 Å². The number of carbonyl (C=O) groups excluding carboxylic acids is 3. The molecule has 0 saturated carbocycles. The summed E-state index contributed by atoms with van der Waals surface area (Å²) in [4.78, 5) is 47.0. The van der Waals surface area contributed by atoms with Crippen LogP contribution in [-0.2, 0) is 19.1 Å². The maximum Gasteiger partial charge on any atom is 0.407 e. The summed E-state index contributed by atoms with van der Waals surface area (Å²) in [6.07, 6.45) is -1.90. The summed E-state index contributed by atoms with van der Waals surface area (Å²) < 4.78 is 9.88. The Morgan fingerprint density at radius 1 is 0.912 bits per heavy atom. The second-order valence-electron chi connectivity index (χ2n) is 7.66. The van der Waals surface area contributed by atoms with E-state index in [9.17, 15) is 19.2 Å². The van der Waals surface area contributed by atoms with Crippen molar-refractivity contribution in [3.8, 4) is 11.1 Å². The fraction of sp³-hybridized carbons (Fsp3) is 0.333. The summed E-state index contributed by atoms with van der Waals surface area (Å²) in [6.45, 7) is 0.245. The van der Waals surface area contributed by atoms with Gasteiger partial charge in [-0.25, -0.2) is 9.59 Å². The van der Waals surface area contributed by atoms with E-state index >= 15 is 0 Å². The van der Waals surface area contributed by atoms with Crippen LogP contribution in [0.2, 0.25) is 0 Å². The van der Waals surface area contributed by atoms with Crippen LogP contribution in [-0.4, -0.2) is 62.0 Å². The zero-order valence-electron chi connectivity index (χ0n) is 18.7. The summed E-state index contributed by atoms with van der Waals surface area (Å²) in [5.74, 6) is -1.82. The van der Waals surface area contributed by atoms with Crippen molar-refractivity contribution in [2.75, 3.05) is 26.8 Å². The van der Waals surface area contributed by atoms with Gasteiger partial charge in [-0.15, -0.1) is 0 Å². The molecular formula is C24H27N3O7. The first-order valence-corrected chi connectivity index (χ1v) is 10.8. The lowest BCUT2D eigenvalue weighted by molar-refractivity contribution is -0.137. The van der Waals surface area contributed by atoms with Crippen LogP contribution in [0.25, 0.3) is 11.1 Å². The summed E-state index contributed by atoms with van der Waals surface area (Å²) >= 11 is 0. The minimum atomic E-state index is -1.11. The molecule has 0 saturated heterocycles. The van der Waals surface area contributed by atoms with E-state index in [0.29, 0.717) is 0 Å². The minimum absolute atomic E-state index is 0.0657. The second kappa shape index (κ2) is 11.7. The molecule has 2 aromatic rings. The number of carboxylic acids is 1. The number of rotatable bonds is 10. The van der Waals surface area contributed by atoms with E-state index in [1.54, 1.807) is 0 Å². The van der Waals surface area contributed by atoms with Gasteiger partial charge in [0.25, 0.3) is 0 Å². The number of methoxy groups -OCH3 is 1. The molecule has 0 aliphatic heterocycles. The lowest BCUT2D eigenvalue weighted by atomic mass is 9.98. The number of carbonyl (C=O) groups is 4. The highest BCUT2D eigenvalue weighted by Gasteiger charge is 2.29. The first kappa shape index (κ1) is 24.6. The van der Waals surface area contributed by atoms with E-state index in [4.69, 9.17) is 9.84 Å². The normalized spacial score (nSPS) is 12.6. The van der Waals surface area contributed by atoms with Gasteiger partial charge in [-0.1, -0.05) is 48.5 Å². The van der Waals surface area contributed by atoms with Crippen LogP contribution >= 0.6 is 0 Å². The van der Waals surface area contributed by atoms with Gasteiger partial charge in [0.05, 0.1) is 7.11 Å². The molecule has 2 aromatic carbocycles. The van der Waals surface area contributed by atoms with Crippen LogP contribution in [0.1, 0.15) is 29.9 Å². The molecule has 10 nitrogen and oxygen atoms in total. The van der Waals surface area contributed by atoms with Crippen molar-refractivity contribution in [3.05, 3.63) is 59.7 Å².